The molecule has 0 bridgehead atoms. The van der Waals surface area contributed by atoms with Gasteiger partial charge in [-0.05, 0) is 41.0 Å². The summed E-state index contributed by atoms with van der Waals surface area (Å²) in [5.74, 6) is 1.39. The normalized spacial score (nSPS) is 11.5. The van der Waals surface area contributed by atoms with E-state index in [4.69, 9.17) is 14.5 Å². The lowest BCUT2D eigenvalue weighted by Gasteiger charge is -2.08. The zero-order valence-corrected chi connectivity index (χ0v) is 19.3. The van der Waals surface area contributed by atoms with Gasteiger partial charge in [0.2, 0.25) is 0 Å². The summed E-state index contributed by atoms with van der Waals surface area (Å²) < 4.78 is 10.8. The topological polar surface area (TPSA) is 43.2 Å². The second-order valence-electron chi connectivity index (χ2n) is 7.53. The first kappa shape index (κ1) is 22.7. The van der Waals surface area contributed by atoms with Gasteiger partial charge in [-0.2, -0.15) is 0 Å². The Hall–Kier alpha value is -4.44. The third kappa shape index (κ3) is 6.08. The largest absolute Gasteiger partial charge is 0.493 e. The third-order valence-electron chi connectivity index (χ3n) is 5.19. The van der Waals surface area contributed by atoms with Crippen LogP contribution in [0.4, 0.5) is 11.4 Å². The molecule has 0 unspecified atom stereocenters. The van der Waals surface area contributed by atoms with E-state index < -0.39 is 0 Å². The summed E-state index contributed by atoms with van der Waals surface area (Å²) in [6, 6.07) is 31.9. The molecule has 0 aliphatic rings. The fourth-order valence-electron chi connectivity index (χ4n) is 3.38. The maximum absolute atomic E-state index is 5.42. The third-order valence-corrected chi connectivity index (χ3v) is 5.19. The lowest BCUT2D eigenvalue weighted by atomic mass is 10.1. The quantitative estimate of drug-likeness (QED) is 0.209. The van der Waals surface area contributed by atoms with Gasteiger partial charge in [-0.25, -0.2) is 0 Å². The highest BCUT2D eigenvalue weighted by atomic mass is 16.5. The van der Waals surface area contributed by atoms with Crippen LogP contribution < -0.4 is 9.47 Å². The zero-order chi connectivity index (χ0) is 23.6. The van der Waals surface area contributed by atoms with E-state index in [0.29, 0.717) is 11.5 Å². The van der Waals surface area contributed by atoms with Gasteiger partial charge in [-0.1, -0.05) is 84.9 Å². The van der Waals surface area contributed by atoms with E-state index >= 15 is 0 Å². The Bertz CT molecular complexity index is 1310. The molecule has 34 heavy (non-hydrogen) atoms. The molecule has 0 saturated heterocycles. The van der Waals surface area contributed by atoms with Crippen LogP contribution in [0.2, 0.25) is 0 Å². The molecule has 4 rings (SSSR count). The molecule has 0 aliphatic carbocycles. The van der Waals surface area contributed by atoms with Crippen molar-refractivity contribution in [2.45, 2.75) is 0 Å². The van der Waals surface area contributed by atoms with Crippen molar-refractivity contribution < 1.29 is 9.47 Å². The highest BCUT2D eigenvalue weighted by Crippen LogP contribution is 2.30. The molecule has 0 atom stereocenters. The van der Waals surface area contributed by atoms with E-state index in [2.05, 4.69) is 4.99 Å². The molecule has 168 valence electrons. The van der Waals surface area contributed by atoms with E-state index in [0.717, 1.165) is 33.6 Å². The number of rotatable bonds is 8. The summed E-state index contributed by atoms with van der Waals surface area (Å²) in [7, 11) is 3.27. The summed E-state index contributed by atoms with van der Waals surface area (Å²) in [5.41, 5.74) is 5.75. The predicted octanol–water partition coefficient (Wildman–Crippen LogP) is 7.38. The van der Waals surface area contributed by atoms with Crippen LogP contribution in [0.3, 0.4) is 0 Å². The smallest absolute Gasteiger partial charge is 0.161 e. The van der Waals surface area contributed by atoms with Crippen LogP contribution >= 0.6 is 0 Å². The van der Waals surface area contributed by atoms with Gasteiger partial charge in [0.1, 0.15) is 0 Å². The van der Waals surface area contributed by atoms with Gasteiger partial charge in [0.25, 0.3) is 0 Å². The molecule has 0 fully saturated rings. The van der Waals surface area contributed by atoms with Crippen molar-refractivity contribution in [1.29, 1.82) is 0 Å². The number of hydrogen-bond donors (Lipinski definition) is 0. The highest BCUT2D eigenvalue weighted by molar-refractivity contribution is 5.86. The van der Waals surface area contributed by atoms with Gasteiger partial charge in [-0.15, -0.1) is 0 Å². The Morgan fingerprint density at radius 2 is 1.21 bits per heavy atom. The Balaban J connectivity index is 1.65. The predicted molar refractivity (Wildman–Crippen MR) is 142 cm³/mol. The molecule has 4 heteroatoms. The van der Waals surface area contributed by atoms with E-state index in [-0.39, 0.29) is 0 Å². The Kier molecular flexibility index (Phi) is 7.65. The molecule has 4 nitrogen and oxygen atoms in total. The van der Waals surface area contributed by atoms with Gasteiger partial charge < -0.3 is 9.47 Å². The second kappa shape index (κ2) is 11.4. The zero-order valence-electron chi connectivity index (χ0n) is 19.3. The van der Waals surface area contributed by atoms with Crippen LogP contribution in [0, 0.1) is 0 Å². The van der Waals surface area contributed by atoms with Gasteiger partial charge in [0.15, 0.2) is 11.5 Å². The van der Waals surface area contributed by atoms with Gasteiger partial charge >= 0.3 is 0 Å². The maximum Gasteiger partial charge on any atom is 0.161 e. The van der Waals surface area contributed by atoms with Crippen LogP contribution in [0.1, 0.15) is 22.3 Å². The molecule has 4 aromatic rings. The SMILES string of the molecule is COc1ccc(/C=C/c2ccc(N=Cc3ccccc3)cc2N=Cc2ccccc2)cc1OC. The summed E-state index contributed by atoms with van der Waals surface area (Å²) in [6.45, 7) is 0. The number of aliphatic imine (C=N–C) groups is 2. The number of methoxy groups -OCH3 is 2. The molecule has 0 aliphatic heterocycles. The second-order valence-corrected chi connectivity index (χ2v) is 7.53. The standard InChI is InChI=1S/C30H26N2O2/c1-33-29-18-14-23(19-30(29)34-2)13-15-26-16-17-27(31-21-24-9-5-3-6-10-24)20-28(26)32-22-25-11-7-4-8-12-25/h3-22H,1-2H3/b15-13+,31-21?,32-22?. The molecule has 0 N–H and O–H groups in total. The first-order chi connectivity index (χ1) is 16.7. The molecule has 0 heterocycles. The molecular formula is C30H26N2O2. The molecule has 0 radical (unpaired) electrons. The van der Waals surface area contributed by atoms with Crippen molar-refractivity contribution in [3.05, 3.63) is 119 Å². The van der Waals surface area contributed by atoms with Crippen LogP contribution in [-0.4, -0.2) is 26.6 Å². The highest BCUT2D eigenvalue weighted by Gasteiger charge is 2.04. The molecule has 0 amide bonds. The van der Waals surface area contributed by atoms with Gasteiger partial charge in [0.05, 0.1) is 25.6 Å². The minimum absolute atomic E-state index is 0.692. The van der Waals surface area contributed by atoms with Crippen molar-refractivity contribution in [3.63, 3.8) is 0 Å². The first-order valence-electron chi connectivity index (χ1n) is 11.0. The summed E-state index contributed by atoms with van der Waals surface area (Å²) in [5, 5.41) is 0. The van der Waals surface area contributed by atoms with E-state index in [1.165, 1.54) is 0 Å². The monoisotopic (exact) mass is 446 g/mol. The fraction of sp³-hybridized carbons (Fsp3) is 0.0667. The van der Waals surface area contributed by atoms with Crippen molar-refractivity contribution >= 4 is 36.0 Å². The first-order valence-corrected chi connectivity index (χ1v) is 11.0. The van der Waals surface area contributed by atoms with Crippen molar-refractivity contribution in [3.8, 4) is 11.5 Å². The number of nitrogens with zero attached hydrogens (tertiary/aromatic N) is 2. The lowest BCUT2D eigenvalue weighted by molar-refractivity contribution is 0.355. The summed E-state index contributed by atoms with van der Waals surface area (Å²) in [4.78, 5) is 9.41. The lowest BCUT2D eigenvalue weighted by Crippen LogP contribution is -1.90. The average Bonchev–Trinajstić information content (AvgIpc) is 2.91. The van der Waals surface area contributed by atoms with Crippen LogP contribution in [-0.2, 0) is 0 Å². The van der Waals surface area contributed by atoms with Crippen molar-refractivity contribution in [1.82, 2.24) is 0 Å². The minimum Gasteiger partial charge on any atom is -0.493 e. The molecule has 0 aromatic heterocycles. The van der Waals surface area contributed by atoms with E-state index in [9.17, 15) is 0 Å². The van der Waals surface area contributed by atoms with E-state index in [1.54, 1.807) is 14.2 Å². The number of hydrogen-bond acceptors (Lipinski definition) is 4. The Morgan fingerprint density at radius 1 is 0.559 bits per heavy atom. The molecular weight excluding hydrogens is 420 g/mol. The Morgan fingerprint density at radius 3 is 1.85 bits per heavy atom. The fourth-order valence-corrected chi connectivity index (χ4v) is 3.38. The number of ether oxygens (including phenoxy) is 2. The average molecular weight is 447 g/mol. The molecule has 0 spiro atoms. The van der Waals surface area contributed by atoms with Gasteiger partial charge in [-0.3, -0.25) is 9.98 Å². The van der Waals surface area contributed by atoms with E-state index in [1.807, 2.05) is 122 Å². The van der Waals surface area contributed by atoms with Gasteiger partial charge in [0, 0.05) is 18.0 Å². The van der Waals surface area contributed by atoms with Crippen molar-refractivity contribution in [2.75, 3.05) is 14.2 Å². The van der Waals surface area contributed by atoms with Crippen LogP contribution in [0.25, 0.3) is 12.2 Å². The summed E-state index contributed by atoms with van der Waals surface area (Å²) in [6.07, 6.45) is 7.81. The molecule has 0 saturated carbocycles. The summed E-state index contributed by atoms with van der Waals surface area (Å²) >= 11 is 0. The Labute approximate surface area is 200 Å². The number of benzene rings is 4. The van der Waals surface area contributed by atoms with Crippen LogP contribution in [0.5, 0.6) is 11.5 Å². The van der Waals surface area contributed by atoms with Crippen molar-refractivity contribution in [2.24, 2.45) is 9.98 Å². The van der Waals surface area contributed by atoms with Crippen LogP contribution in [0.15, 0.2) is 107 Å². The minimum atomic E-state index is 0.692. The maximum atomic E-state index is 5.42. The molecule has 4 aromatic carbocycles.